The largest absolute Gasteiger partial charge is 0.276 e. The van der Waals surface area contributed by atoms with Crippen LogP contribution >= 0.6 is 34.3 Å². The van der Waals surface area contributed by atoms with Gasteiger partial charge in [-0.05, 0) is 23.6 Å². The third-order valence-corrected chi connectivity index (χ3v) is 5.38. The van der Waals surface area contributed by atoms with Gasteiger partial charge < -0.3 is 0 Å². The molecule has 0 radical (unpaired) electrons. The number of halogens is 1. The molecule has 0 N–H and O–H groups in total. The molecular weight excluding hydrogens is 362 g/mol. The van der Waals surface area contributed by atoms with Crippen LogP contribution in [0.25, 0.3) is 21.5 Å². The molecule has 4 rings (SSSR count). The van der Waals surface area contributed by atoms with E-state index in [-0.39, 0.29) is 5.56 Å². The highest BCUT2D eigenvalue weighted by molar-refractivity contribution is 7.17. The number of fused-ring (bicyclic) bond motifs is 1. The number of rotatable bonds is 3. The molecule has 0 saturated carbocycles. The van der Waals surface area contributed by atoms with E-state index < -0.39 is 0 Å². The zero-order valence-corrected chi connectivity index (χ0v) is 14.7. The van der Waals surface area contributed by atoms with Gasteiger partial charge in [0.1, 0.15) is 10.5 Å². The van der Waals surface area contributed by atoms with Gasteiger partial charge in [0.2, 0.25) is 0 Å². The van der Waals surface area contributed by atoms with Crippen molar-refractivity contribution in [2.24, 2.45) is 0 Å². The minimum Gasteiger partial charge on any atom is -0.267 e. The molecule has 0 aliphatic rings. The monoisotopic (exact) mass is 371 g/mol. The van der Waals surface area contributed by atoms with Gasteiger partial charge in [-0.15, -0.1) is 22.7 Å². The Kier molecular flexibility index (Phi) is 3.80. The van der Waals surface area contributed by atoms with Crippen LogP contribution in [0.3, 0.4) is 0 Å². The molecule has 4 nitrogen and oxygen atoms in total. The molecule has 0 amide bonds. The summed E-state index contributed by atoms with van der Waals surface area (Å²) in [5.74, 6) is 0.449. The molecule has 4 aromatic rings. The standard InChI is InChI=1S/C17H10ClN3OS2/c1-10(13-8-23-9-19-13)16-20-12-6-7-24-15(12)17(22)21(16)14-5-3-2-4-11(14)18/h2-9H,1H2. The van der Waals surface area contributed by atoms with E-state index in [0.29, 0.717) is 38.0 Å². The minimum absolute atomic E-state index is 0.158. The van der Waals surface area contributed by atoms with E-state index in [4.69, 9.17) is 11.6 Å². The zero-order valence-electron chi connectivity index (χ0n) is 12.3. The molecule has 0 atom stereocenters. The summed E-state index contributed by atoms with van der Waals surface area (Å²) in [4.78, 5) is 22.0. The van der Waals surface area contributed by atoms with Gasteiger partial charge in [-0.3, -0.25) is 9.36 Å². The van der Waals surface area contributed by atoms with Crippen LogP contribution in [-0.4, -0.2) is 14.5 Å². The Balaban J connectivity index is 2.08. The SMILES string of the molecule is C=C(c1cscn1)c1nc2ccsc2c(=O)n1-c1ccccc1Cl. The van der Waals surface area contributed by atoms with Gasteiger partial charge in [0.25, 0.3) is 5.56 Å². The third kappa shape index (κ3) is 2.39. The second-order valence-corrected chi connectivity index (χ2v) is 7.06. The predicted octanol–water partition coefficient (Wildman–Crippen LogP) is 4.62. The molecule has 7 heteroatoms. The van der Waals surface area contributed by atoms with Crippen molar-refractivity contribution < 1.29 is 0 Å². The van der Waals surface area contributed by atoms with Gasteiger partial charge >= 0.3 is 0 Å². The molecular formula is C17H10ClN3OS2. The van der Waals surface area contributed by atoms with Crippen LogP contribution in [0.4, 0.5) is 0 Å². The highest BCUT2D eigenvalue weighted by Crippen LogP contribution is 2.27. The number of nitrogens with zero attached hydrogens (tertiary/aromatic N) is 3. The molecule has 3 aromatic heterocycles. The molecule has 0 spiro atoms. The lowest BCUT2D eigenvalue weighted by Gasteiger charge is -2.14. The van der Waals surface area contributed by atoms with Gasteiger partial charge in [0.05, 0.1) is 27.4 Å². The second-order valence-electron chi connectivity index (χ2n) is 5.01. The summed E-state index contributed by atoms with van der Waals surface area (Å²) in [7, 11) is 0. The smallest absolute Gasteiger partial charge is 0.267 e. The number of para-hydroxylation sites is 1. The van der Waals surface area contributed by atoms with Crippen LogP contribution in [0.15, 0.2) is 58.0 Å². The molecule has 0 bridgehead atoms. The fourth-order valence-electron chi connectivity index (χ4n) is 2.45. The zero-order chi connectivity index (χ0) is 16.7. The number of thiophene rings is 1. The van der Waals surface area contributed by atoms with E-state index in [0.717, 1.165) is 0 Å². The van der Waals surface area contributed by atoms with Crippen molar-refractivity contribution in [1.29, 1.82) is 0 Å². The Morgan fingerprint density at radius 2 is 2.08 bits per heavy atom. The van der Waals surface area contributed by atoms with Crippen molar-refractivity contribution in [2.45, 2.75) is 0 Å². The van der Waals surface area contributed by atoms with Crippen LogP contribution in [0.1, 0.15) is 11.5 Å². The van der Waals surface area contributed by atoms with E-state index in [1.165, 1.54) is 27.2 Å². The quantitative estimate of drug-likeness (QED) is 0.528. The lowest BCUT2D eigenvalue weighted by molar-refractivity contribution is 0.937. The first kappa shape index (κ1) is 15.3. The number of aromatic nitrogens is 3. The molecule has 0 aliphatic heterocycles. The van der Waals surface area contributed by atoms with Crippen molar-refractivity contribution in [3.05, 3.63) is 80.1 Å². The van der Waals surface area contributed by atoms with Crippen molar-refractivity contribution in [1.82, 2.24) is 14.5 Å². The molecule has 118 valence electrons. The number of benzene rings is 1. The Bertz CT molecular complexity index is 1110. The lowest BCUT2D eigenvalue weighted by atomic mass is 10.2. The maximum Gasteiger partial charge on any atom is 0.276 e. The maximum atomic E-state index is 13.1. The summed E-state index contributed by atoms with van der Waals surface area (Å²) in [6, 6.07) is 9.03. The van der Waals surface area contributed by atoms with Gasteiger partial charge in [0.15, 0.2) is 0 Å². The van der Waals surface area contributed by atoms with Crippen LogP contribution in [0.2, 0.25) is 5.02 Å². The molecule has 0 saturated heterocycles. The molecule has 1 aromatic carbocycles. The Hall–Kier alpha value is -2.28. The van der Waals surface area contributed by atoms with Crippen molar-refractivity contribution >= 4 is 50.1 Å². The maximum absolute atomic E-state index is 13.1. The van der Waals surface area contributed by atoms with Crippen LogP contribution < -0.4 is 5.56 Å². The van der Waals surface area contributed by atoms with Crippen LogP contribution in [0.5, 0.6) is 0 Å². The molecule has 0 unspecified atom stereocenters. The van der Waals surface area contributed by atoms with E-state index in [9.17, 15) is 4.79 Å². The summed E-state index contributed by atoms with van der Waals surface area (Å²) in [5, 5.41) is 4.21. The first-order valence-corrected chi connectivity index (χ1v) is 9.20. The summed E-state index contributed by atoms with van der Waals surface area (Å²) >= 11 is 9.16. The second kappa shape index (κ2) is 5.98. The van der Waals surface area contributed by atoms with Gasteiger partial charge in [-0.25, -0.2) is 9.97 Å². The number of thiazole rings is 1. The van der Waals surface area contributed by atoms with Crippen LogP contribution in [0, 0.1) is 0 Å². The average Bonchev–Trinajstić information content (AvgIpc) is 3.26. The van der Waals surface area contributed by atoms with Crippen molar-refractivity contribution in [2.75, 3.05) is 0 Å². The fraction of sp³-hybridized carbons (Fsp3) is 0. The molecule has 0 aliphatic carbocycles. The Morgan fingerprint density at radius 3 is 2.83 bits per heavy atom. The highest BCUT2D eigenvalue weighted by Gasteiger charge is 2.19. The highest BCUT2D eigenvalue weighted by atomic mass is 35.5. The van der Waals surface area contributed by atoms with Crippen molar-refractivity contribution in [3.63, 3.8) is 0 Å². The first-order chi connectivity index (χ1) is 11.7. The Labute approximate surface area is 150 Å². The predicted molar refractivity (Wildman–Crippen MR) is 100 cm³/mol. The summed E-state index contributed by atoms with van der Waals surface area (Å²) in [6.07, 6.45) is 0. The number of hydrogen-bond acceptors (Lipinski definition) is 5. The average molecular weight is 372 g/mol. The molecule has 0 fully saturated rings. The minimum atomic E-state index is -0.158. The first-order valence-electron chi connectivity index (χ1n) is 7.00. The summed E-state index contributed by atoms with van der Waals surface area (Å²) < 4.78 is 2.10. The lowest BCUT2D eigenvalue weighted by Crippen LogP contribution is -2.23. The van der Waals surface area contributed by atoms with E-state index in [2.05, 4.69) is 16.5 Å². The molecule has 24 heavy (non-hydrogen) atoms. The topological polar surface area (TPSA) is 47.8 Å². The summed E-state index contributed by atoms with van der Waals surface area (Å²) in [5.41, 5.74) is 4.08. The van der Waals surface area contributed by atoms with Gasteiger partial charge in [-0.2, -0.15) is 0 Å². The summed E-state index contributed by atoms with van der Waals surface area (Å²) in [6.45, 7) is 4.10. The van der Waals surface area contributed by atoms with Crippen LogP contribution in [-0.2, 0) is 0 Å². The Morgan fingerprint density at radius 1 is 1.25 bits per heavy atom. The van der Waals surface area contributed by atoms with E-state index in [1.54, 1.807) is 17.6 Å². The van der Waals surface area contributed by atoms with Gasteiger partial charge in [-0.1, -0.05) is 30.3 Å². The normalized spacial score (nSPS) is 11.0. The number of hydrogen-bond donors (Lipinski definition) is 0. The van der Waals surface area contributed by atoms with Gasteiger partial charge in [0, 0.05) is 11.0 Å². The molecule has 3 heterocycles. The van der Waals surface area contributed by atoms with E-state index >= 15 is 0 Å². The van der Waals surface area contributed by atoms with E-state index in [1.807, 2.05) is 29.0 Å². The fourth-order valence-corrected chi connectivity index (χ4v) is 3.99. The van der Waals surface area contributed by atoms with Crippen molar-refractivity contribution in [3.8, 4) is 5.69 Å². The third-order valence-electron chi connectivity index (χ3n) is 3.58.